The van der Waals surface area contributed by atoms with Gasteiger partial charge in [-0.2, -0.15) is 0 Å². The van der Waals surface area contributed by atoms with Crippen LogP contribution in [0.5, 0.6) is 0 Å². The maximum Gasteiger partial charge on any atom is 0.253 e. The molecular weight excluding hydrogens is 429 g/mol. The monoisotopic (exact) mass is 453 g/mol. The predicted octanol–water partition coefficient (Wildman–Crippen LogP) is 3.64. The van der Waals surface area contributed by atoms with Crippen molar-refractivity contribution in [3.05, 3.63) is 77.1 Å². The number of fused-ring (bicyclic) bond motifs is 1. The van der Waals surface area contributed by atoms with Crippen molar-refractivity contribution in [1.82, 2.24) is 9.80 Å². The maximum absolute atomic E-state index is 14.2. The molecule has 0 spiro atoms. The van der Waals surface area contributed by atoms with Gasteiger partial charge < -0.3 is 14.9 Å². The summed E-state index contributed by atoms with van der Waals surface area (Å²) in [5.41, 5.74) is 1.58. The highest BCUT2D eigenvalue weighted by atomic mass is 35.5. The van der Waals surface area contributed by atoms with E-state index in [1.807, 2.05) is 23.1 Å². The molecule has 166 valence electrons. The third kappa shape index (κ3) is 3.94. The normalized spacial score (nSPS) is 22.0. The molecule has 2 aliphatic rings. The third-order valence-electron chi connectivity index (χ3n) is 6.61. The van der Waals surface area contributed by atoms with E-state index in [2.05, 4.69) is 9.80 Å². The van der Waals surface area contributed by atoms with Gasteiger partial charge in [-0.25, -0.2) is 4.39 Å². The Bertz CT molecular complexity index is 1130. The van der Waals surface area contributed by atoms with Crippen LogP contribution in [0.15, 0.2) is 60.7 Å². The second-order valence-electron chi connectivity index (χ2n) is 8.49. The molecule has 2 aliphatic heterocycles. The number of aliphatic hydroxyl groups is 1. The number of hydrogen-bond acceptors (Lipinski definition) is 4. The summed E-state index contributed by atoms with van der Waals surface area (Å²) in [7, 11) is 0. The quantitative estimate of drug-likeness (QED) is 0.657. The summed E-state index contributed by atoms with van der Waals surface area (Å²) in [6.45, 7) is 3.82. The van der Waals surface area contributed by atoms with Crippen LogP contribution in [-0.4, -0.2) is 72.2 Å². The average molecular weight is 454 g/mol. The van der Waals surface area contributed by atoms with E-state index in [0.717, 1.165) is 11.1 Å². The summed E-state index contributed by atoms with van der Waals surface area (Å²) < 4.78 is 14.2. The first kappa shape index (κ1) is 21.2. The van der Waals surface area contributed by atoms with Gasteiger partial charge >= 0.3 is 0 Å². The van der Waals surface area contributed by atoms with Crippen LogP contribution in [0.1, 0.15) is 10.4 Å². The molecule has 0 bridgehead atoms. The van der Waals surface area contributed by atoms with Crippen molar-refractivity contribution in [3.63, 3.8) is 0 Å². The summed E-state index contributed by atoms with van der Waals surface area (Å²) >= 11 is 5.93. The number of piperazine rings is 1. The molecule has 2 unspecified atom stereocenters. The number of carbonyl (C=O) groups is 1. The first-order valence-electron chi connectivity index (χ1n) is 10.9. The molecule has 0 aromatic heterocycles. The maximum atomic E-state index is 14.2. The molecule has 3 aromatic carbocycles. The van der Waals surface area contributed by atoms with Gasteiger partial charge in [0.05, 0.1) is 12.1 Å². The van der Waals surface area contributed by atoms with Crippen molar-refractivity contribution in [2.45, 2.75) is 12.1 Å². The van der Waals surface area contributed by atoms with E-state index in [-0.39, 0.29) is 17.8 Å². The van der Waals surface area contributed by atoms with E-state index in [4.69, 9.17) is 11.6 Å². The molecule has 1 amide bonds. The zero-order chi connectivity index (χ0) is 22.2. The van der Waals surface area contributed by atoms with Gasteiger partial charge in [0, 0.05) is 66.3 Å². The predicted molar refractivity (Wildman–Crippen MR) is 125 cm³/mol. The lowest BCUT2D eigenvalue weighted by atomic mass is 10.1. The molecule has 0 aliphatic carbocycles. The second kappa shape index (κ2) is 8.70. The van der Waals surface area contributed by atoms with Crippen LogP contribution in [0, 0.1) is 5.82 Å². The molecule has 3 aromatic rings. The number of nitrogens with zero attached hydrogens (tertiary/aromatic N) is 3. The number of rotatable bonds is 3. The minimum atomic E-state index is -0.502. The number of hydrogen-bond donors (Lipinski definition) is 1. The summed E-state index contributed by atoms with van der Waals surface area (Å²) in [5, 5.41) is 12.9. The molecule has 1 N–H and O–H groups in total. The molecule has 0 saturated carbocycles. The van der Waals surface area contributed by atoms with Gasteiger partial charge in [-0.1, -0.05) is 35.9 Å². The molecule has 2 atom stereocenters. The molecule has 2 saturated heterocycles. The first-order chi connectivity index (χ1) is 15.5. The number of halogens is 2. The van der Waals surface area contributed by atoms with Gasteiger partial charge in [0.2, 0.25) is 0 Å². The van der Waals surface area contributed by atoms with Crippen LogP contribution in [0.2, 0.25) is 5.02 Å². The third-order valence-corrected chi connectivity index (χ3v) is 6.86. The Hall–Kier alpha value is -2.67. The van der Waals surface area contributed by atoms with Gasteiger partial charge in [-0.05, 0) is 36.4 Å². The molecule has 0 radical (unpaired) electrons. The Kier molecular flexibility index (Phi) is 5.76. The SMILES string of the molecule is O=C(c1ccc(Cl)cc1)N1CCN(C2CN(c3ccc(F)c4ccccc34)CC2O)CC1. The Morgan fingerprint density at radius 1 is 0.906 bits per heavy atom. The lowest BCUT2D eigenvalue weighted by Gasteiger charge is -2.38. The Labute approximate surface area is 191 Å². The van der Waals surface area contributed by atoms with Crippen molar-refractivity contribution in [3.8, 4) is 0 Å². The van der Waals surface area contributed by atoms with Gasteiger partial charge in [0.1, 0.15) is 5.82 Å². The van der Waals surface area contributed by atoms with Crippen LogP contribution >= 0.6 is 11.6 Å². The lowest BCUT2D eigenvalue weighted by molar-refractivity contribution is 0.0376. The Morgan fingerprint density at radius 3 is 2.31 bits per heavy atom. The fourth-order valence-electron chi connectivity index (χ4n) is 4.88. The van der Waals surface area contributed by atoms with E-state index in [9.17, 15) is 14.3 Å². The Balaban J connectivity index is 1.26. The molecular formula is C25H25ClFN3O2. The number of β-amino-alcohol motifs (C(OH)–C–C–N with tert-alkyl or cyclic N) is 1. The summed E-state index contributed by atoms with van der Waals surface area (Å²) in [4.78, 5) is 19.0. The van der Waals surface area contributed by atoms with E-state index in [1.165, 1.54) is 6.07 Å². The summed E-state index contributed by atoms with van der Waals surface area (Å²) in [6, 6.07) is 17.7. The van der Waals surface area contributed by atoms with Crippen LogP contribution in [0.25, 0.3) is 10.8 Å². The van der Waals surface area contributed by atoms with Gasteiger partial charge in [-0.3, -0.25) is 9.69 Å². The van der Waals surface area contributed by atoms with Crippen molar-refractivity contribution >= 4 is 34.0 Å². The first-order valence-corrected chi connectivity index (χ1v) is 11.3. The van der Waals surface area contributed by atoms with Crippen LogP contribution in [0.4, 0.5) is 10.1 Å². The van der Waals surface area contributed by atoms with Gasteiger partial charge in [0.25, 0.3) is 5.91 Å². The Morgan fingerprint density at radius 2 is 1.59 bits per heavy atom. The highest BCUT2D eigenvalue weighted by Gasteiger charge is 2.38. The summed E-state index contributed by atoms with van der Waals surface area (Å²) in [5.74, 6) is -0.227. The topological polar surface area (TPSA) is 47.0 Å². The van der Waals surface area contributed by atoms with E-state index in [0.29, 0.717) is 55.2 Å². The van der Waals surface area contributed by atoms with Crippen LogP contribution in [-0.2, 0) is 0 Å². The highest BCUT2D eigenvalue weighted by Crippen LogP contribution is 2.32. The zero-order valence-electron chi connectivity index (χ0n) is 17.6. The minimum absolute atomic E-state index is 0.00713. The minimum Gasteiger partial charge on any atom is -0.390 e. The number of aliphatic hydroxyl groups excluding tert-OH is 1. The number of carbonyl (C=O) groups excluding carboxylic acids is 1. The number of benzene rings is 3. The van der Waals surface area contributed by atoms with Gasteiger partial charge in [-0.15, -0.1) is 0 Å². The van der Waals surface area contributed by atoms with Crippen LogP contribution < -0.4 is 4.90 Å². The van der Waals surface area contributed by atoms with E-state index in [1.54, 1.807) is 36.4 Å². The molecule has 32 heavy (non-hydrogen) atoms. The molecule has 5 rings (SSSR count). The smallest absolute Gasteiger partial charge is 0.253 e. The van der Waals surface area contributed by atoms with Crippen molar-refractivity contribution in [2.75, 3.05) is 44.2 Å². The average Bonchev–Trinajstić information content (AvgIpc) is 3.21. The largest absolute Gasteiger partial charge is 0.390 e. The molecule has 7 heteroatoms. The standard InChI is InChI=1S/C25H25ClFN3O2/c26-18-7-5-17(6-8-18)25(32)29-13-11-28(12-14-29)23-15-30(16-24(23)31)22-10-9-21(27)19-3-1-2-4-20(19)22/h1-10,23-24,31H,11-16H2. The zero-order valence-corrected chi connectivity index (χ0v) is 18.4. The fraction of sp³-hybridized carbons (Fsp3) is 0.320. The van der Waals surface area contributed by atoms with E-state index >= 15 is 0 Å². The van der Waals surface area contributed by atoms with E-state index < -0.39 is 6.10 Å². The molecule has 2 fully saturated rings. The summed E-state index contributed by atoms with van der Waals surface area (Å²) in [6.07, 6.45) is -0.502. The molecule has 5 nitrogen and oxygen atoms in total. The molecule has 2 heterocycles. The van der Waals surface area contributed by atoms with Crippen molar-refractivity contribution in [2.24, 2.45) is 0 Å². The van der Waals surface area contributed by atoms with Crippen molar-refractivity contribution < 1.29 is 14.3 Å². The van der Waals surface area contributed by atoms with Gasteiger partial charge in [0.15, 0.2) is 0 Å². The number of amides is 1. The van der Waals surface area contributed by atoms with Crippen LogP contribution in [0.3, 0.4) is 0 Å². The lowest BCUT2D eigenvalue weighted by Crippen LogP contribution is -2.54. The fourth-order valence-corrected chi connectivity index (χ4v) is 5.00. The highest BCUT2D eigenvalue weighted by molar-refractivity contribution is 6.30. The number of anilines is 1. The second-order valence-corrected chi connectivity index (χ2v) is 8.92. The van der Waals surface area contributed by atoms with Crippen molar-refractivity contribution in [1.29, 1.82) is 0 Å².